The smallest absolute Gasteiger partial charge is 0.268 e. The number of anilines is 2. The number of hydrogen-bond donors (Lipinski definition) is 1. The van der Waals surface area contributed by atoms with Gasteiger partial charge >= 0.3 is 0 Å². The number of carbonyl (C=O) groups excluding carboxylic acids is 1. The number of carbonyl (C=O) groups is 1. The van der Waals surface area contributed by atoms with Crippen LogP contribution in [0.3, 0.4) is 0 Å². The average molecular weight is 578 g/mol. The van der Waals surface area contributed by atoms with Crippen molar-refractivity contribution in [1.29, 1.82) is 0 Å². The number of aryl methyl sites for hydroxylation is 1. The van der Waals surface area contributed by atoms with E-state index in [0.717, 1.165) is 4.31 Å². The molecule has 12 heteroatoms. The first-order chi connectivity index (χ1) is 16.5. The van der Waals surface area contributed by atoms with Gasteiger partial charge in [0.1, 0.15) is 22.9 Å². The van der Waals surface area contributed by atoms with Crippen LogP contribution >= 0.6 is 46.4 Å². The highest BCUT2D eigenvalue weighted by atomic mass is 35.5. The molecule has 0 aromatic heterocycles. The quantitative estimate of drug-likeness (QED) is 0.311. The van der Waals surface area contributed by atoms with E-state index in [0.29, 0.717) is 11.3 Å². The fourth-order valence-corrected chi connectivity index (χ4v) is 5.67. The van der Waals surface area contributed by atoms with Crippen LogP contribution in [0.15, 0.2) is 53.4 Å². The van der Waals surface area contributed by atoms with Crippen LogP contribution in [0, 0.1) is 6.92 Å². The minimum absolute atomic E-state index is 0.118. The Labute approximate surface area is 223 Å². The van der Waals surface area contributed by atoms with Crippen LogP contribution in [0.25, 0.3) is 0 Å². The van der Waals surface area contributed by atoms with Crippen molar-refractivity contribution in [2.45, 2.75) is 11.8 Å². The molecule has 0 heterocycles. The lowest BCUT2D eigenvalue weighted by atomic mass is 10.2. The molecule has 0 radical (unpaired) electrons. The normalized spacial score (nSPS) is 11.2. The first-order valence-electron chi connectivity index (χ1n) is 9.93. The number of rotatable bonds is 8. The van der Waals surface area contributed by atoms with Gasteiger partial charge < -0.3 is 14.8 Å². The second-order valence-corrected chi connectivity index (χ2v) is 10.7. The molecule has 3 rings (SSSR count). The van der Waals surface area contributed by atoms with Crippen LogP contribution in [0.4, 0.5) is 11.4 Å². The van der Waals surface area contributed by atoms with Gasteiger partial charge in [0.05, 0.1) is 45.7 Å². The first kappa shape index (κ1) is 27.2. The van der Waals surface area contributed by atoms with Crippen LogP contribution in [0.5, 0.6) is 11.5 Å². The highest BCUT2D eigenvalue weighted by molar-refractivity contribution is 7.93. The third-order valence-electron chi connectivity index (χ3n) is 4.88. The molecule has 0 fully saturated rings. The summed E-state index contributed by atoms with van der Waals surface area (Å²) in [6, 6.07) is 11.8. The van der Waals surface area contributed by atoms with E-state index < -0.39 is 22.5 Å². The Morgan fingerprint density at radius 2 is 1.49 bits per heavy atom. The maximum Gasteiger partial charge on any atom is 0.268 e. The van der Waals surface area contributed by atoms with Crippen LogP contribution in [0.1, 0.15) is 5.56 Å². The lowest BCUT2D eigenvalue weighted by Crippen LogP contribution is -2.38. The van der Waals surface area contributed by atoms with E-state index in [9.17, 15) is 13.2 Å². The van der Waals surface area contributed by atoms with Gasteiger partial charge in [0.25, 0.3) is 10.0 Å². The van der Waals surface area contributed by atoms with E-state index >= 15 is 0 Å². The summed E-state index contributed by atoms with van der Waals surface area (Å²) in [6.07, 6.45) is 0. The summed E-state index contributed by atoms with van der Waals surface area (Å²) in [4.78, 5) is 12.9. The van der Waals surface area contributed by atoms with Crippen LogP contribution < -0.4 is 19.1 Å². The van der Waals surface area contributed by atoms with E-state index in [1.54, 1.807) is 13.0 Å². The van der Waals surface area contributed by atoms with E-state index in [1.165, 1.54) is 56.7 Å². The van der Waals surface area contributed by atoms with Gasteiger partial charge in [-0.05, 0) is 55.0 Å². The Bertz CT molecular complexity index is 1380. The van der Waals surface area contributed by atoms with Crippen molar-refractivity contribution in [3.05, 3.63) is 74.2 Å². The van der Waals surface area contributed by atoms with Crippen molar-refractivity contribution in [2.75, 3.05) is 30.4 Å². The zero-order valence-electron chi connectivity index (χ0n) is 18.7. The number of methoxy groups -OCH3 is 2. The Hall–Kier alpha value is -2.36. The SMILES string of the molecule is COc1ccc(N(CC(=O)Nc2cc(Cl)c(Cl)cc2Cl)S(=O)(=O)c2cc(C)ccc2OC)cc1Cl. The zero-order valence-corrected chi connectivity index (χ0v) is 22.6. The minimum Gasteiger partial charge on any atom is -0.495 e. The van der Waals surface area contributed by atoms with E-state index in [2.05, 4.69) is 5.32 Å². The second kappa shape index (κ2) is 11.1. The van der Waals surface area contributed by atoms with Gasteiger partial charge in [-0.25, -0.2) is 8.42 Å². The number of benzene rings is 3. The fourth-order valence-electron chi connectivity index (χ4n) is 3.17. The molecule has 1 amide bonds. The summed E-state index contributed by atoms with van der Waals surface area (Å²) in [6.45, 7) is 1.13. The van der Waals surface area contributed by atoms with Crippen molar-refractivity contribution in [1.82, 2.24) is 0 Å². The summed E-state index contributed by atoms with van der Waals surface area (Å²) >= 11 is 24.4. The Morgan fingerprint density at radius 1 is 0.857 bits per heavy atom. The molecule has 0 saturated carbocycles. The van der Waals surface area contributed by atoms with Crippen molar-refractivity contribution in [2.24, 2.45) is 0 Å². The number of halogens is 4. The monoisotopic (exact) mass is 576 g/mol. The maximum atomic E-state index is 13.8. The topological polar surface area (TPSA) is 84.9 Å². The van der Waals surface area contributed by atoms with Gasteiger partial charge in [0, 0.05) is 0 Å². The minimum atomic E-state index is -4.30. The van der Waals surface area contributed by atoms with Gasteiger partial charge in [-0.3, -0.25) is 9.10 Å². The molecule has 186 valence electrons. The molecule has 0 bridgehead atoms. The van der Waals surface area contributed by atoms with Crippen molar-refractivity contribution in [3.8, 4) is 11.5 Å². The average Bonchev–Trinajstić information content (AvgIpc) is 2.80. The third kappa shape index (κ3) is 6.08. The lowest BCUT2D eigenvalue weighted by Gasteiger charge is -2.25. The van der Waals surface area contributed by atoms with Crippen LogP contribution in [-0.4, -0.2) is 35.1 Å². The number of amides is 1. The maximum absolute atomic E-state index is 13.8. The van der Waals surface area contributed by atoms with Gasteiger partial charge in [0.15, 0.2) is 0 Å². The molecule has 0 saturated heterocycles. The molecule has 7 nitrogen and oxygen atoms in total. The Balaban J connectivity index is 2.07. The standard InChI is InChI=1S/C23H20Cl4N2O5S/c1-13-4-6-21(34-3)22(8-13)35(31,32)29(14-5-7-20(33-2)18(27)9-14)12-23(30)28-19-11-16(25)15(24)10-17(19)26/h4-11H,12H2,1-3H3,(H,28,30). The van der Waals surface area contributed by atoms with E-state index in [-0.39, 0.29) is 42.1 Å². The molecule has 0 unspecified atom stereocenters. The van der Waals surface area contributed by atoms with Gasteiger partial charge in [-0.15, -0.1) is 0 Å². The molecular weight excluding hydrogens is 558 g/mol. The highest BCUT2D eigenvalue weighted by Crippen LogP contribution is 2.35. The van der Waals surface area contributed by atoms with E-state index in [4.69, 9.17) is 55.9 Å². The summed E-state index contributed by atoms with van der Waals surface area (Å²) in [5, 5.41) is 3.24. The largest absolute Gasteiger partial charge is 0.495 e. The van der Waals surface area contributed by atoms with Crippen LogP contribution in [-0.2, 0) is 14.8 Å². The number of sulfonamides is 1. The van der Waals surface area contributed by atoms with Crippen molar-refractivity contribution >= 4 is 73.7 Å². The summed E-state index contributed by atoms with van der Waals surface area (Å²) < 4.78 is 39.0. The predicted molar refractivity (Wildman–Crippen MR) is 140 cm³/mol. The molecule has 1 N–H and O–H groups in total. The zero-order chi connectivity index (χ0) is 25.9. The summed E-state index contributed by atoms with van der Waals surface area (Å²) in [7, 11) is -1.51. The molecule has 0 aliphatic carbocycles. The third-order valence-corrected chi connectivity index (χ3v) is 8.01. The Kier molecular flexibility index (Phi) is 8.67. The van der Waals surface area contributed by atoms with E-state index in [1.807, 2.05) is 0 Å². The fraction of sp³-hybridized carbons (Fsp3) is 0.174. The number of ether oxygens (including phenoxy) is 2. The highest BCUT2D eigenvalue weighted by Gasteiger charge is 2.31. The van der Waals surface area contributed by atoms with Crippen LogP contribution in [0.2, 0.25) is 20.1 Å². The van der Waals surface area contributed by atoms with Crippen molar-refractivity contribution in [3.63, 3.8) is 0 Å². The second-order valence-electron chi connectivity index (χ2n) is 7.28. The lowest BCUT2D eigenvalue weighted by molar-refractivity contribution is -0.114. The number of nitrogens with one attached hydrogen (secondary N) is 1. The molecule has 0 atom stereocenters. The predicted octanol–water partition coefficient (Wildman–Crippen LogP) is 6.46. The number of nitrogens with zero attached hydrogens (tertiary/aromatic N) is 1. The van der Waals surface area contributed by atoms with Gasteiger partial charge in [0.2, 0.25) is 5.91 Å². The molecule has 0 spiro atoms. The number of hydrogen-bond acceptors (Lipinski definition) is 5. The summed E-state index contributed by atoms with van der Waals surface area (Å²) in [5.74, 6) is -0.228. The summed E-state index contributed by atoms with van der Waals surface area (Å²) in [5.41, 5.74) is 0.989. The van der Waals surface area contributed by atoms with Crippen molar-refractivity contribution < 1.29 is 22.7 Å². The Morgan fingerprint density at radius 3 is 2.11 bits per heavy atom. The molecular formula is C23H20Cl4N2O5S. The van der Waals surface area contributed by atoms with Gasteiger partial charge in [-0.1, -0.05) is 52.5 Å². The molecule has 3 aromatic carbocycles. The molecule has 35 heavy (non-hydrogen) atoms. The molecule has 0 aliphatic rings. The molecule has 3 aromatic rings. The molecule has 0 aliphatic heterocycles. The first-order valence-corrected chi connectivity index (χ1v) is 12.9. The van der Waals surface area contributed by atoms with Gasteiger partial charge in [-0.2, -0.15) is 0 Å².